The van der Waals surface area contributed by atoms with Crippen molar-refractivity contribution in [2.75, 3.05) is 6.61 Å². The van der Waals surface area contributed by atoms with Gasteiger partial charge in [-0.2, -0.15) is 13.2 Å². The van der Waals surface area contributed by atoms with E-state index >= 15 is 0 Å². The quantitative estimate of drug-likeness (QED) is 0.821. The van der Waals surface area contributed by atoms with E-state index in [9.17, 15) is 18.0 Å². The molecule has 5 nitrogen and oxygen atoms in total. The first-order valence-electron chi connectivity index (χ1n) is 7.69. The number of aromatic nitrogens is 1. The lowest BCUT2D eigenvalue weighted by Gasteiger charge is -2.24. The molecule has 1 aliphatic rings. The van der Waals surface area contributed by atoms with Crippen LogP contribution in [0.25, 0.3) is 0 Å². The summed E-state index contributed by atoms with van der Waals surface area (Å²) in [5.74, 6) is -0.418. The number of nitrogens with one attached hydrogen (secondary N) is 1. The highest BCUT2D eigenvalue weighted by molar-refractivity contribution is 7.11. The summed E-state index contributed by atoms with van der Waals surface area (Å²) in [5, 5.41) is 5.06. The Kier molecular flexibility index (Phi) is 5.08. The molecule has 26 heavy (non-hydrogen) atoms. The fraction of sp³-hybridized carbons (Fsp3) is 0.235. The topological polar surface area (TPSA) is 63.6 Å². The van der Waals surface area contributed by atoms with Crippen molar-refractivity contribution in [2.45, 2.75) is 19.1 Å². The number of esters is 1. The van der Waals surface area contributed by atoms with E-state index in [1.54, 1.807) is 18.5 Å². The van der Waals surface area contributed by atoms with Crippen LogP contribution in [-0.4, -0.2) is 23.4 Å². The largest absolute Gasteiger partial charge is 0.463 e. The van der Waals surface area contributed by atoms with Gasteiger partial charge in [-0.15, -0.1) is 11.3 Å². The predicted octanol–water partition coefficient (Wildman–Crippen LogP) is 3.70. The summed E-state index contributed by atoms with van der Waals surface area (Å²) in [6.07, 6.45) is -1.68. The summed E-state index contributed by atoms with van der Waals surface area (Å²) >= 11 is 1.28. The highest BCUT2D eigenvalue weighted by atomic mass is 32.1. The second-order valence-electron chi connectivity index (χ2n) is 5.27. The minimum Gasteiger partial charge on any atom is -0.463 e. The Hall–Kier alpha value is -2.68. The second-order valence-corrected chi connectivity index (χ2v) is 6.16. The predicted molar refractivity (Wildman–Crippen MR) is 90.7 cm³/mol. The van der Waals surface area contributed by atoms with Gasteiger partial charge in [-0.25, -0.2) is 9.78 Å². The summed E-state index contributed by atoms with van der Waals surface area (Å²) in [7, 11) is 0. The average Bonchev–Trinajstić information content (AvgIpc) is 3.15. The molecule has 1 unspecified atom stereocenters. The van der Waals surface area contributed by atoms with Crippen LogP contribution in [0.2, 0.25) is 0 Å². The molecule has 0 saturated heterocycles. The van der Waals surface area contributed by atoms with Crippen molar-refractivity contribution in [3.63, 3.8) is 0 Å². The Morgan fingerprint density at radius 1 is 1.35 bits per heavy atom. The monoisotopic (exact) mass is 381 g/mol. The molecule has 9 heteroatoms. The standard InChI is InChI=1S/C17H14F3N3O2S/c1-2-25-16(24)11-9-22-14(15-21-7-8-26-15)23-13(11)10-5-3-4-6-12(10)17(18,19)20/h3-9,13H,2H2,1H3,(H,22,23). The molecular formula is C17H14F3N3O2S. The van der Waals surface area contributed by atoms with Gasteiger partial charge in [-0.05, 0) is 18.6 Å². The van der Waals surface area contributed by atoms with Crippen LogP contribution >= 0.6 is 11.3 Å². The molecule has 1 N–H and O–H groups in total. The molecule has 2 heterocycles. The lowest BCUT2D eigenvalue weighted by atomic mass is 9.94. The molecule has 1 aliphatic heterocycles. The Morgan fingerprint density at radius 2 is 2.12 bits per heavy atom. The minimum atomic E-state index is -4.57. The molecule has 3 rings (SSSR count). The number of aliphatic imine (C=N–C) groups is 1. The van der Waals surface area contributed by atoms with Gasteiger partial charge < -0.3 is 10.1 Å². The van der Waals surface area contributed by atoms with E-state index in [0.29, 0.717) is 10.8 Å². The molecule has 0 amide bonds. The Morgan fingerprint density at radius 3 is 2.77 bits per heavy atom. The molecule has 1 aromatic heterocycles. The minimum absolute atomic E-state index is 0.00357. The molecule has 0 spiro atoms. The summed E-state index contributed by atoms with van der Waals surface area (Å²) in [6, 6.07) is 3.92. The molecular weight excluding hydrogens is 367 g/mol. The highest BCUT2D eigenvalue weighted by Gasteiger charge is 2.38. The maximum atomic E-state index is 13.4. The van der Waals surface area contributed by atoms with Crippen molar-refractivity contribution in [1.82, 2.24) is 10.3 Å². The number of nitrogens with zero attached hydrogens (tertiary/aromatic N) is 2. The van der Waals surface area contributed by atoms with Crippen LogP contribution < -0.4 is 5.32 Å². The number of carbonyl (C=O) groups excluding carboxylic acids is 1. The summed E-state index contributed by atoms with van der Waals surface area (Å²) in [6.45, 7) is 1.73. The van der Waals surface area contributed by atoms with Crippen LogP contribution in [-0.2, 0) is 15.7 Å². The first-order valence-corrected chi connectivity index (χ1v) is 8.57. The fourth-order valence-corrected chi connectivity index (χ4v) is 3.13. The number of hydrogen-bond donors (Lipinski definition) is 1. The van der Waals surface area contributed by atoms with Crippen molar-refractivity contribution in [3.05, 3.63) is 63.7 Å². The zero-order valence-corrected chi connectivity index (χ0v) is 14.4. The Labute approximate surface area is 151 Å². The van der Waals surface area contributed by atoms with Gasteiger partial charge in [-0.1, -0.05) is 18.2 Å². The summed E-state index contributed by atoms with van der Waals surface area (Å²) in [5.41, 5.74) is -0.956. The maximum absolute atomic E-state index is 13.4. The van der Waals surface area contributed by atoms with E-state index in [0.717, 1.165) is 6.07 Å². The van der Waals surface area contributed by atoms with Gasteiger partial charge in [0.15, 0.2) is 10.8 Å². The van der Waals surface area contributed by atoms with Gasteiger partial charge >= 0.3 is 12.1 Å². The molecule has 0 bridgehead atoms. The van der Waals surface area contributed by atoms with Crippen molar-refractivity contribution in [1.29, 1.82) is 0 Å². The van der Waals surface area contributed by atoms with Gasteiger partial charge in [0.2, 0.25) is 0 Å². The van der Waals surface area contributed by atoms with Crippen LogP contribution in [0.4, 0.5) is 13.2 Å². The molecule has 0 saturated carbocycles. The maximum Gasteiger partial charge on any atom is 0.416 e. The van der Waals surface area contributed by atoms with Gasteiger partial charge in [-0.3, -0.25) is 4.99 Å². The number of rotatable bonds is 4. The van der Waals surface area contributed by atoms with Gasteiger partial charge in [0.05, 0.1) is 17.7 Å². The fourth-order valence-electron chi connectivity index (χ4n) is 2.53. The van der Waals surface area contributed by atoms with E-state index in [-0.39, 0.29) is 17.7 Å². The van der Waals surface area contributed by atoms with E-state index < -0.39 is 23.8 Å². The molecule has 0 aliphatic carbocycles. The highest BCUT2D eigenvalue weighted by Crippen LogP contribution is 2.39. The number of ether oxygens (including phenoxy) is 1. The number of carbonyl (C=O) groups is 1. The normalized spacial score (nSPS) is 17.2. The molecule has 1 aromatic carbocycles. The van der Waals surface area contributed by atoms with Crippen LogP contribution in [0.15, 0.2) is 52.6 Å². The first kappa shape index (κ1) is 18.1. The van der Waals surface area contributed by atoms with Gasteiger partial charge in [0, 0.05) is 17.8 Å². The van der Waals surface area contributed by atoms with E-state index in [1.807, 2.05) is 0 Å². The molecule has 136 valence electrons. The van der Waals surface area contributed by atoms with E-state index in [2.05, 4.69) is 15.3 Å². The molecule has 0 radical (unpaired) electrons. The average molecular weight is 381 g/mol. The number of thiazole rings is 1. The number of hydrogen-bond acceptors (Lipinski definition) is 6. The third-order valence-electron chi connectivity index (χ3n) is 3.62. The van der Waals surface area contributed by atoms with Crippen molar-refractivity contribution < 1.29 is 22.7 Å². The van der Waals surface area contributed by atoms with E-state index in [4.69, 9.17) is 4.74 Å². The number of amidine groups is 1. The SMILES string of the molecule is CCOC(=O)C1=CNC(c2nccs2)=NC1c1ccccc1C(F)(F)F. The lowest BCUT2D eigenvalue weighted by Crippen LogP contribution is -2.29. The number of benzene rings is 1. The van der Waals surface area contributed by atoms with Crippen molar-refractivity contribution in [2.24, 2.45) is 4.99 Å². The van der Waals surface area contributed by atoms with Gasteiger partial charge in [0.1, 0.15) is 6.04 Å². The smallest absolute Gasteiger partial charge is 0.416 e. The van der Waals surface area contributed by atoms with Crippen molar-refractivity contribution >= 4 is 23.1 Å². The summed E-state index contributed by atoms with van der Waals surface area (Å²) < 4.78 is 45.3. The first-order chi connectivity index (χ1) is 12.4. The Balaban J connectivity index is 2.10. The molecule has 1 atom stereocenters. The van der Waals surface area contributed by atoms with E-state index in [1.165, 1.54) is 35.7 Å². The zero-order chi connectivity index (χ0) is 18.7. The zero-order valence-electron chi connectivity index (χ0n) is 13.6. The van der Waals surface area contributed by atoms with Crippen LogP contribution in [0.3, 0.4) is 0 Å². The van der Waals surface area contributed by atoms with Crippen LogP contribution in [0.1, 0.15) is 29.1 Å². The third kappa shape index (κ3) is 3.62. The molecule has 0 fully saturated rings. The molecule has 2 aromatic rings. The lowest BCUT2D eigenvalue weighted by molar-refractivity contribution is -0.140. The second kappa shape index (κ2) is 7.28. The van der Waals surface area contributed by atoms with Crippen LogP contribution in [0, 0.1) is 0 Å². The Bertz CT molecular complexity index is 860. The van der Waals surface area contributed by atoms with Crippen LogP contribution in [0.5, 0.6) is 0 Å². The summed E-state index contributed by atoms with van der Waals surface area (Å²) in [4.78, 5) is 20.7. The third-order valence-corrected chi connectivity index (χ3v) is 4.40. The van der Waals surface area contributed by atoms with Crippen molar-refractivity contribution in [3.8, 4) is 0 Å². The number of halogens is 3. The van der Waals surface area contributed by atoms with Gasteiger partial charge in [0.25, 0.3) is 0 Å². The number of alkyl halides is 3.